The second kappa shape index (κ2) is 7.75. The Morgan fingerprint density at radius 1 is 0.958 bits per heavy atom. The van der Waals surface area contributed by atoms with Gasteiger partial charge < -0.3 is 5.32 Å². The first-order chi connectivity index (χ1) is 11.7. The van der Waals surface area contributed by atoms with Crippen LogP contribution in [0.1, 0.15) is 22.9 Å². The Labute approximate surface area is 146 Å². The van der Waals surface area contributed by atoms with Crippen molar-refractivity contribution in [2.75, 3.05) is 0 Å². The number of nitrogens with zero attached hydrogens (tertiary/aromatic N) is 1. The highest BCUT2D eigenvalue weighted by Crippen LogP contribution is 2.20. The van der Waals surface area contributed by atoms with Gasteiger partial charge >= 0.3 is 0 Å². The van der Waals surface area contributed by atoms with Gasteiger partial charge in [-0.2, -0.15) is 0 Å². The number of benzene rings is 2. The van der Waals surface area contributed by atoms with Gasteiger partial charge in [-0.1, -0.05) is 60.1 Å². The van der Waals surface area contributed by atoms with Gasteiger partial charge in [-0.05, 0) is 35.4 Å². The van der Waals surface area contributed by atoms with E-state index in [0.717, 1.165) is 16.8 Å². The predicted molar refractivity (Wildman–Crippen MR) is 95.8 cm³/mol. The molecular weight excluding hydrogens is 320 g/mol. The van der Waals surface area contributed by atoms with Crippen LogP contribution in [-0.4, -0.2) is 10.9 Å². The van der Waals surface area contributed by atoms with Crippen molar-refractivity contribution in [3.63, 3.8) is 0 Å². The van der Waals surface area contributed by atoms with E-state index in [1.54, 1.807) is 18.3 Å². The number of amides is 1. The quantitative estimate of drug-likeness (QED) is 0.759. The fourth-order valence-corrected chi connectivity index (χ4v) is 2.65. The zero-order chi connectivity index (χ0) is 16.8. The van der Waals surface area contributed by atoms with Crippen molar-refractivity contribution in [3.8, 4) is 0 Å². The molecule has 1 amide bonds. The van der Waals surface area contributed by atoms with Crippen LogP contribution in [0, 0.1) is 0 Å². The molecule has 0 saturated carbocycles. The number of halogens is 1. The Balaban J connectivity index is 1.79. The molecule has 0 aliphatic carbocycles. The standard InChI is InChI=1S/C20H17ClN2O/c21-17-11-9-15(10-12-17)14-19(24)23-20(16-6-2-1-3-7-16)18-8-4-5-13-22-18/h1-13,20H,14H2,(H,23,24). The van der Waals surface area contributed by atoms with Gasteiger partial charge in [-0.15, -0.1) is 0 Å². The topological polar surface area (TPSA) is 42.0 Å². The summed E-state index contributed by atoms with van der Waals surface area (Å²) in [5.41, 5.74) is 2.73. The fourth-order valence-electron chi connectivity index (χ4n) is 2.52. The van der Waals surface area contributed by atoms with Gasteiger partial charge in [0.15, 0.2) is 0 Å². The SMILES string of the molecule is O=C(Cc1ccc(Cl)cc1)NC(c1ccccc1)c1ccccn1. The van der Waals surface area contributed by atoms with E-state index < -0.39 is 0 Å². The van der Waals surface area contributed by atoms with Crippen LogP contribution in [0.5, 0.6) is 0 Å². The second-order valence-corrected chi connectivity index (χ2v) is 5.91. The summed E-state index contributed by atoms with van der Waals surface area (Å²) < 4.78 is 0. The lowest BCUT2D eigenvalue weighted by Crippen LogP contribution is -2.31. The minimum atomic E-state index is -0.271. The van der Waals surface area contributed by atoms with Crippen LogP contribution in [0.4, 0.5) is 0 Å². The second-order valence-electron chi connectivity index (χ2n) is 5.47. The van der Waals surface area contributed by atoms with Gasteiger partial charge in [0.25, 0.3) is 0 Å². The van der Waals surface area contributed by atoms with Crippen LogP contribution in [0.15, 0.2) is 79.0 Å². The molecule has 0 aliphatic heterocycles. The molecule has 3 nitrogen and oxygen atoms in total. The lowest BCUT2D eigenvalue weighted by Gasteiger charge is -2.19. The van der Waals surface area contributed by atoms with Crippen LogP contribution in [-0.2, 0) is 11.2 Å². The van der Waals surface area contributed by atoms with Crippen LogP contribution < -0.4 is 5.32 Å². The van der Waals surface area contributed by atoms with Crippen molar-refractivity contribution in [3.05, 3.63) is 101 Å². The van der Waals surface area contributed by atoms with Crippen LogP contribution >= 0.6 is 11.6 Å². The van der Waals surface area contributed by atoms with Crippen molar-refractivity contribution in [2.45, 2.75) is 12.5 Å². The molecule has 1 atom stereocenters. The zero-order valence-electron chi connectivity index (χ0n) is 13.0. The number of hydrogen-bond donors (Lipinski definition) is 1. The Morgan fingerprint density at radius 2 is 1.67 bits per heavy atom. The molecule has 4 heteroatoms. The van der Waals surface area contributed by atoms with Gasteiger partial charge in [0, 0.05) is 11.2 Å². The van der Waals surface area contributed by atoms with Gasteiger partial charge in [-0.25, -0.2) is 0 Å². The zero-order valence-corrected chi connectivity index (χ0v) is 13.8. The van der Waals surface area contributed by atoms with Crippen molar-refractivity contribution in [1.29, 1.82) is 0 Å². The molecule has 1 heterocycles. The highest BCUT2D eigenvalue weighted by Gasteiger charge is 2.17. The first kappa shape index (κ1) is 16.2. The number of hydrogen-bond acceptors (Lipinski definition) is 2. The average molecular weight is 337 g/mol. The van der Waals surface area contributed by atoms with E-state index in [-0.39, 0.29) is 11.9 Å². The number of pyridine rings is 1. The van der Waals surface area contributed by atoms with E-state index in [9.17, 15) is 4.79 Å². The van der Waals surface area contributed by atoms with Crippen molar-refractivity contribution >= 4 is 17.5 Å². The lowest BCUT2D eigenvalue weighted by molar-refractivity contribution is -0.120. The van der Waals surface area contributed by atoms with E-state index >= 15 is 0 Å². The highest BCUT2D eigenvalue weighted by molar-refractivity contribution is 6.30. The largest absolute Gasteiger partial charge is 0.343 e. The third-order valence-electron chi connectivity index (χ3n) is 3.70. The summed E-state index contributed by atoms with van der Waals surface area (Å²) in [6, 6.07) is 22.6. The molecule has 3 aromatic rings. The Hall–Kier alpha value is -2.65. The first-order valence-corrected chi connectivity index (χ1v) is 8.10. The van der Waals surface area contributed by atoms with E-state index in [1.807, 2.05) is 60.7 Å². The summed E-state index contributed by atoms with van der Waals surface area (Å²) in [5, 5.41) is 3.74. The van der Waals surface area contributed by atoms with E-state index in [1.165, 1.54) is 0 Å². The molecule has 120 valence electrons. The third-order valence-corrected chi connectivity index (χ3v) is 3.95. The van der Waals surface area contributed by atoms with Crippen LogP contribution in [0.25, 0.3) is 0 Å². The first-order valence-electron chi connectivity index (χ1n) is 7.72. The molecule has 1 aromatic heterocycles. The van der Waals surface area contributed by atoms with E-state index in [0.29, 0.717) is 11.4 Å². The lowest BCUT2D eigenvalue weighted by atomic mass is 10.0. The smallest absolute Gasteiger partial charge is 0.225 e. The van der Waals surface area contributed by atoms with E-state index in [2.05, 4.69) is 10.3 Å². The number of nitrogens with one attached hydrogen (secondary N) is 1. The molecule has 2 aromatic carbocycles. The fraction of sp³-hybridized carbons (Fsp3) is 0.100. The van der Waals surface area contributed by atoms with Crippen molar-refractivity contribution in [2.24, 2.45) is 0 Å². The Bertz CT molecular complexity index is 749. The monoisotopic (exact) mass is 336 g/mol. The number of carbonyl (C=O) groups excluding carboxylic acids is 1. The molecule has 0 aliphatic rings. The molecule has 1 N–H and O–H groups in total. The van der Waals surface area contributed by atoms with E-state index in [4.69, 9.17) is 11.6 Å². The molecule has 1 unspecified atom stereocenters. The maximum atomic E-state index is 12.5. The summed E-state index contributed by atoms with van der Waals surface area (Å²) in [7, 11) is 0. The molecule has 0 fully saturated rings. The summed E-state index contributed by atoms with van der Waals surface area (Å²) in [6.45, 7) is 0. The molecule has 0 radical (unpaired) electrons. The maximum absolute atomic E-state index is 12.5. The molecule has 3 rings (SSSR count). The molecular formula is C20H17ClN2O. The average Bonchev–Trinajstić information content (AvgIpc) is 2.63. The molecule has 0 bridgehead atoms. The molecule has 0 saturated heterocycles. The third kappa shape index (κ3) is 4.21. The van der Waals surface area contributed by atoms with Crippen molar-refractivity contribution < 1.29 is 4.79 Å². The minimum Gasteiger partial charge on any atom is -0.343 e. The summed E-state index contributed by atoms with van der Waals surface area (Å²) in [4.78, 5) is 16.9. The Kier molecular flexibility index (Phi) is 5.24. The van der Waals surface area contributed by atoms with Crippen molar-refractivity contribution in [1.82, 2.24) is 10.3 Å². The van der Waals surface area contributed by atoms with Gasteiger partial charge in [0.1, 0.15) is 0 Å². The van der Waals surface area contributed by atoms with Gasteiger partial charge in [0.2, 0.25) is 5.91 Å². The van der Waals surface area contributed by atoms with Gasteiger partial charge in [-0.3, -0.25) is 9.78 Å². The predicted octanol–water partition coefficient (Wildman–Crippen LogP) is 4.18. The number of rotatable bonds is 5. The molecule has 24 heavy (non-hydrogen) atoms. The number of carbonyl (C=O) groups is 1. The highest BCUT2D eigenvalue weighted by atomic mass is 35.5. The van der Waals surface area contributed by atoms with Crippen LogP contribution in [0.3, 0.4) is 0 Å². The summed E-state index contributed by atoms with van der Waals surface area (Å²) in [6.07, 6.45) is 2.03. The summed E-state index contributed by atoms with van der Waals surface area (Å²) >= 11 is 5.88. The Morgan fingerprint density at radius 3 is 2.33 bits per heavy atom. The summed E-state index contributed by atoms with van der Waals surface area (Å²) in [5.74, 6) is -0.0585. The van der Waals surface area contributed by atoms with Gasteiger partial charge in [0.05, 0.1) is 18.2 Å². The maximum Gasteiger partial charge on any atom is 0.225 e. The normalized spacial score (nSPS) is 11.7. The van der Waals surface area contributed by atoms with Crippen LogP contribution in [0.2, 0.25) is 5.02 Å². The number of aromatic nitrogens is 1. The molecule has 0 spiro atoms. The minimum absolute atomic E-state index is 0.0585.